The maximum atomic E-state index is 13.3. The van der Waals surface area contributed by atoms with Crippen LogP contribution in [0.2, 0.25) is 0 Å². The minimum atomic E-state index is -0.287. The largest absolute Gasteiger partial charge is 0.353 e. The normalized spacial score (nSPS) is 14.7. The van der Waals surface area contributed by atoms with E-state index in [-0.39, 0.29) is 30.2 Å². The van der Waals surface area contributed by atoms with Crippen molar-refractivity contribution >= 4 is 17.6 Å². The molecule has 37 heavy (non-hydrogen) atoms. The molecule has 8 heteroatoms. The predicted molar refractivity (Wildman–Crippen MR) is 142 cm³/mol. The Morgan fingerprint density at radius 3 is 2.38 bits per heavy atom. The van der Waals surface area contributed by atoms with Gasteiger partial charge < -0.3 is 14.7 Å². The summed E-state index contributed by atoms with van der Waals surface area (Å²) < 4.78 is 13.2. The second-order valence-corrected chi connectivity index (χ2v) is 9.45. The first-order valence-electron chi connectivity index (χ1n) is 12.9. The lowest BCUT2D eigenvalue weighted by atomic mass is 10.1. The standard InChI is InChI=1S/C29H34FN5O2/c1-3-22(2)35(28(36)20-23-8-5-4-6-9-23)21-29(37)34-17-7-16-33(18-19-34)27-15-14-26(31-32-27)24-10-12-25(30)13-11-24/h4-6,8-15,22H,3,7,16-21H2,1-2H3/t22-/m1/s1. The molecular weight excluding hydrogens is 469 g/mol. The first-order chi connectivity index (χ1) is 17.9. The molecule has 0 saturated carbocycles. The SMILES string of the molecule is CC[C@@H](C)N(CC(=O)N1CCCN(c2ccc(-c3ccc(F)cc3)nn2)CC1)C(=O)Cc1ccccc1. The van der Waals surface area contributed by atoms with Gasteiger partial charge >= 0.3 is 0 Å². The van der Waals surface area contributed by atoms with Crippen LogP contribution in [0.1, 0.15) is 32.3 Å². The van der Waals surface area contributed by atoms with Crippen molar-refractivity contribution in [3.63, 3.8) is 0 Å². The fraction of sp³-hybridized carbons (Fsp3) is 0.379. The molecule has 4 rings (SSSR count). The summed E-state index contributed by atoms with van der Waals surface area (Å²) >= 11 is 0. The van der Waals surface area contributed by atoms with E-state index < -0.39 is 0 Å². The zero-order valence-corrected chi connectivity index (χ0v) is 21.5. The molecule has 2 aromatic carbocycles. The van der Waals surface area contributed by atoms with Crippen molar-refractivity contribution in [3.05, 3.63) is 78.1 Å². The highest BCUT2D eigenvalue weighted by Gasteiger charge is 2.26. The topological polar surface area (TPSA) is 69.6 Å². The van der Waals surface area contributed by atoms with E-state index in [1.165, 1.54) is 12.1 Å². The molecule has 0 aliphatic carbocycles. The van der Waals surface area contributed by atoms with Crippen LogP contribution in [0.15, 0.2) is 66.7 Å². The van der Waals surface area contributed by atoms with Crippen molar-refractivity contribution in [1.29, 1.82) is 0 Å². The number of hydrogen-bond acceptors (Lipinski definition) is 5. The van der Waals surface area contributed by atoms with Crippen LogP contribution in [0, 0.1) is 5.82 Å². The van der Waals surface area contributed by atoms with Crippen molar-refractivity contribution in [2.24, 2.45) is 0 Å². The van der Waals surface area contributed by atoms with E-state index in [2.05, 4.69) is 15.1 Å². The van der Waals surface area contributed by atoms with E-state index in [9.17, 15) is 14.0 Å². The summed E-state index contributed by atoms with van der Waals surface area (Å²) in [7, 11) is 0. The summed E-state index contributed by atoms with van der Waals surface area (Å²) in [6.45, 7) is 6.71. The quantitative estimate of drug-likeness (QED) is 0.461. The number of hydrogen-bond donors (Lipinski definition) is 0. The molecule has 0 N–H and O–H groups in total. The average molecular weight is 504 g/mol. The van der Waals surface area contributed by atoms with Crippen molar-refractivity contribution in [1.82, 2.24) is 20.0 Å². The second-order valence-electron chi connectivity index (χ2n) is 9.45. The molecule has 0 unspecified atom stereocenters. The third-order valence-corrected chi connectivity index (χ3v) is 6.91. The number of carbonyl (C=O) groups is 2. The lowest BCUT2D eigenvalue weighted by Crippen LogP contribution is -2.47. The third-order valence-electron chi connectivity index (χ3n) is 6.91. The van der Waals surface area contributed by atoms with Gasteiger partial charge in [-0.05, 0) is 61.7 Å². The van der Waals surface area contributed by atoms with Gasteiger partial charge in [0.1, 0.15) is 5.82 Å². The maximum Gasteiger partial charge on any atom is 0.242 e. The summed E-state index contributed by atoms with van der Waals surface area (Å²) in [5.41, 5.74) is 2.44. The monoisotopic (exact) mass is 503 g/mol. The summed E-state index contributed by atoms with van der Waals surface area (Å²) in [6, 6.07) is 19.6. The fourth-order valence-electron chi connectivity index (χ4n) is 4.49. The molecule has 2 amide bonds. The third kappa shape index (κ3) is 6.90. The Hall–Kier alpha value is -3.81. The van der Waals surface area contributed by atoms with E-state index in [1.807, 2.05) is 61.2 Å². The number of halogens is 1. The summed E-state index contributed by atoms with van der Waals surface area (Å²) in [4.78, 5) is 32.1. The van der Waals surface area contributed by atoms with E-state index in [0.717, 1.165) is 36.3 Å². The van der Waals surface area contributed by atoms with Gasteiger partial charge in [0, 0.05) is 37.8 Å². The summed E-state index contributed by atoms with van der Waals surface area (Å²) in [5.74, 6) is 0.410. The summed E-state index contributed by atoms with van der Waals surface area (Å²) in [6.07, 6.45) is 1.88. The zero-order chi connectivity index (χ0) is 26.2. The van der Waals surface area contributed by atoms with Gasteiger partial charge in [-0.25, -0.2) is 4.39 Å². The Labute approximate surface area is 217 Å². The van der Waals surface area contributed by atoms with Gasteiger partial charge in [0.25, 0.3) is 0 Å². The predicted octanol–water partition coefficient (Wildman–Crippen LogP) is 4.19. The van der Waals surface area contributed by atoms with E-state index in [4.69, 9.17) is 0 Å². The van der Waals surface area contributed by atoms with E-state index in [1.54, 1.807) is 17.0 Å². The number of benzene rings is 2. The minimum Gasteiger partial charge on any atom is -0.353 e. The lowest BCUT2D eigenvalue weighted by molar-refractivity contribution is -0.141. The Kier molecular flexibility index (Phi) is 8.82. The highest BCUT2D eigenvalue weighted by molar-refractivity contribution is 5.86. The average Bonchev–Trinajstić information content (AvgIpc) is 3.19. The van der Waals surface area contributed by atoms with Gasteiger partial charge in [-0.2, -0.15) is 0 Å². The van der Waals surface area contributed by atoms with Crippen molar-refractivity contribution in [3.8, 4) is 11.3 Å². The molecule has 1 saturated heterocycles. The highest BCUT2D eigenvalue weighted by Crippen LogP contribution is 2.20. The van der Waals surface area contributed by atoms with Crippen LogP contribution in [0.5, 0.6) is 0 Å². The Balaban J connectivity index is 1.36. The van der Waals surface area contributed by atoms with Crippen molar-refractivity contribution in [2.75, 3.05) is 37.6 Å². The van der Waals surface area contributed by atoms with Gasteiger partial charge in [-0.15, -0.1) is 10.2 Å². The minimum absolute atomic E-state index is 0.0152. The van der Waals surface area contributed by atoms with Gasteiger partial charge in [0.2, 0.25) is 11.8 Å². The molecule has 194 valence electrons. The van der Waals surface area contributed by atoms with Gasteiger partial charge in [-0.3, -0.25) is 9.59 Å². The van der Waals surface area contributed by atoms with Crippen molar-refractivity contribution in [2.45, 2.75) is 39.2 Å². The van der Waals surface area contributed by atoms with Crippen LogP contribution in [0.3, 0.4) is 0 Å². The molecular formula is C29H34FN5O2. The van der Waals surface area contributed by atoms with Crippen LogP contribution < -0.4 is 4.90 Å². The smallest absolute Gasteiger partial charge is 0.242 e. The summed E-state index contributed by atoms with van der Waals surface area (Å²) in [5, 5.41) is 8.71. The number of rotatable bonds is 8. The number of nitrogens with zero attached hydrogens (tertiary/aromatic N) is 5. The molecule has 0 radical (unpaired) electrons. The van der Waals surface area contributed by atoms with Crippen molar-refractivity contribution < 1.29 is 14.0 Å². The first kappa shape index (κ1) is 26.3. The molecule has 3 aromatic rings. The van der Waals surface area contributed by atoms with Gasteiger partial charge in [-0.1, -0.05) is 37.3 Å². The van der Waals surface area contributed by atoms with Crippen LogP contribution in [0.25, 0.3) is 11.3 Å². The Bertz CT molecular complexity index is 1170. The zero-order valence-electron chi connectivity index (χ0n) is 21.5. The molecule has 0 spiro atoms. The maximum absolute atomic E-state index is 13.3. The molecule has 1 atom stereocenters. The van der Waals surface area contributed by atoms with Crippen LogP contribution in [0.4, 0.5) is 10.2 Å². The number of anilines is 1. The fourth-order valence-corrected chi connectivity index (χ4v) is 4.49. The second kappa shape index (κ2) is 12.4. The molecule has 1 aliphatic rings. The van der Waals surface area contributed by atoms with Crippen LogP contribution in [-0.2, 0) is 16.0 Å². The number of amides is 2. The molecule has 7 nitrogen and oxygen atoms in total. The molecule has 1 fully saturated rings. The molecule has 2 heterocycles. The lowest BCUT2D eigenvalue weighted by Gasteiger charge is -2.31. The van der Waals surface area contributed by atoms with E-state index >= 15 is 0 Å². The van der Waals surface area contributed by atoms with Gasteiger partial charge in [0.05, 0.1) is 18.7 Å². The van der Waals surface area contributed by atoms with Crippen LogP contribution >= 0.6 is 0 Å². The Morgan fingerprint density at radius 2 is 1.70 bits per heavy atom. The number of carbonyl (C=O) groups excluding carboxylic acids is 2. The van der Waals surface area contributed by atoms with E-state index in [0.29, 0.717) is 31.7 Å². The Morgan fingerprint density at radius 1 is 0.946 bits per heavy atom. The molecule has 1 aromatic heterocycles. The first-order valence-corrected chi connectivity index (χ1v) is 12.9. The van der Waals surface area contributed by atoms with Gasteiger partial charge in [0.15, 0.2) is 5.82 Å². The molecule has 1 aliphatic heterocycles. The number of aromatic nitrogens is 2. The van der Waals surface area contributed by atoms with Crippen LogP contribution in [-0.4, -0.2) is 70.6 Å². The highest BCUT2D eigenvalue weighted by atomic mass is 19.1. The molecule has 0 bridgehead atoms.